The molecule has 2 aliphatic rings. The summed E-state index contributed by atoms with van der Waals surface area (Å²) >= 11 is 2.77. The number of fused-ring (bicyclic) bond motifs is 2. The van der Waals surface area contributed by atoms with E-state index in [1.54, 1.807) is 0 Å². The summed E-state index contributed by atoms with van der Waals surface area (Å²) in [5.41, 5.74) is 2.97. The number of carbonyl (C=O) groups excluding carboxylic acids is 2. The smallest absolute Gasteiger partial charge is 0.308 e. The lowest BCUT2D eigenvalue weighted by Crippen LogP contribution is -2.29. The fourth-order valence-corrected chi connectivity index (χ4v) is 6.33. The van der Waals surface area contributed by atoms with Crippen LogP contribution < -0.4 is 10.6 Å². The van der Waals surface area contributed by atoms with Crippen molar-refractivity contribution in [3.05, 3.63) is 32.0 Å². The maximum Gasteiger partial charge on any atom is 0.314 e. The molecule has 0 spiro atoms. The SMILES string of the molecule is N#Cc1c(NC(=O)C(=O)Nc2sc3c(c2C#N)CCCC3)sc2c1CCCC2. The van der Waals surface area contributed by atoms with Crippen LogP contribution in [0.1, 0.15) is 57.7 Å². The molecule has 2 heterocycles. The maximum absolute atomic E-state index is 12.4. The average molecular weight is 411 g/mol. The van der Waals surface area contributed by atoms with Gasteiger partial charge in [-0.05, 0) is 62.5 Å². The average Bonchev–Trinajstić information content (AvgIpc) is 3.24. The third-order valence-electron chi connectivity index (χ3n) is 5.23. The second-order valence-corrected chi connectivity index (χ2v) is 9.17. The Morgan fingerprint density at radius 1 is 0.714 bits per heavy atom. The molecule has 2 amide bonds. The molecule has 0 aliphatic heterocycles. The molecule has 0 saturated heterocycles. The quantitative estimate of drug-likeness (QED) is 0.733. The minimum Gasteiger partial charge on any atom is -0.308 e. The van der Waals surface area contributed by atoms with Crippen molar-refractivity contribution in [3.63, 3.8) is 0 Å². The molecule has 142 valence electrons. The predicted octanol–water partition coefficient (Wildman–Crippen LogP) is 3.89. The van der Waals surface area contributed by atoms with Crippen molar-refractivity contribution in [2.24, 2.45) is 0 Å². The highest BCUT2D eigenvalue weighted by Gasteiger charge is 2.26. The lowest BCUT2D eigenvalue weighted by Gasteiger charge is -2.09. The van der Waals surface area contributed by atoms with E-state index in [0.29, 0.717) is 21.1 Å². The van der Waals surface area contributed by atoms with Crippen LogP contribution in [0.3, 0.4) is 0 Å². The Kier molecular flexibility index (Phi) is 5.17. The Bertz CT molecular complexity index is 968. The summed E-state index contributed by atoms with van der Waals surface area (Å²) in [4.78, 5) is 27.1. The number of aryl methyl sites for hydroxylation is 2. The summed E-state index contributed by atoms with van der Waals surface area (Å²) in [5.74, 6) is -1.63. The van der Waals surface area contributed by atoms with Crippen LogP contribution in [0, 0.1) is 22.7 Å². The molecule has 0 radical (unpaired) electrons. The van der Waals surface area contributed by atoms with Crippen molar-refractivity contribution < 1.29 is 9.59 Å². The summed E-state index contributed by atoms with van der Waals surface area (Å²) in [6.45, 7) is 0. The zero-order chi connectivity index (χ0) is 19.7. The van der Waals surface area contributed by atoms with Crippen molar-refractivity contribution in [1.29, 1.82) is 10.5 Å². The van der Waals surface area contributed by atoms with Gasteiger partial charge in [0.25, 0.3) is 0 Å². The number of nitrogens with one attached hydrogen (secondary N) is 2. The molecule has 0 fully saturated rings. The molecule has 0 unspecified atom stereocenters. The van der Waals surface area contributed by atoms with E-state index in [-0.39, 0.29) is 0 Å². The largest absolute Gasteiger partial charge is 0.314 e. The van der Waals surface area contributed by atoms with Gasteiger partial charge in [0.05, 0.1) is 11.1 Å². The zero-order valence-electron chi connectivity index (χ0n) is 15.2. The van der Waals surface area contributed by atoms with Crippen molar-refractivity contribution in [2.75, 3.05) is 10.6 Å². The topological polar surface area (TPSA) is 106 Å². The molecule has 2 aromatic heterocycles. The van der Waals surface area contributed by atoms with Gasteiger partial charge in [-0.25, -0.2) is 0 Å². The summed E-state index contributed by atoms with van der Waals surface area (Å²) in [7, 11) is 0. The molecule has 4 rings (SSSR count). The minimum absolute atomic E-state index is 0.445. The van der Waals surface area contributed by atoms with Crippen LogP contribution in [0.4, 0.5) is 10.0 Å². The highest BCUT2D eigenvalue weighted by Crippen LogP contribution is 2.39. The van der Waals surface area contributed by atoms with Crippen LogP contribution >= 0.6 is 22.7 Å². The molecule has 0 aromatic carbocycles. The molecule has 2 aromatic rings. The van der Waals surface area contributed by atoms with Crippen LogP contribution in [0.15, 0.2) is 0 Å². The van der Waals surface area contributed by atoms with Crippen LogP contribution in [0.5, 0.6) is 0 Å². The van der Waals surface area contributed by atoms with Gasteiger partial charge >= 0.3 is 11.8 Å². The third kappa shape index (κ3) is 3.30. The first-order valence-electron chi connectivity index (χ1n) is 9.34. The van der Waals surface area contributed by atoms with Crippen LogP contribution in [-0.2, 0) is 35.3 Å². The molecule has 6 nitrogen and oxygen atoms in total. The van der Waals surface area contributed by atoms with Gasteiger partial charge in [-0.3, -0.25) is 9.59 Å². The summed E-state index contributed by atoms with van der Waals surface area (Å²) in [5, 5.41) is 25.1. The van der Waals surface area contributed by atoms with Gasteiger partial charge in [0.15, 0.2) is 0 Å². The maximum atomic E-state index is 12.4. The van der Waals surface area contributed by atoms with E-state index in [1.807, 2.05) is 0 Å². The number of hydrogen-bond donors (Lipinski definition) is 2. The Morgan fingerprint density at radius 2 is 1.11 bits per heavy atom. The second-order valence-electron chi connectivity index (χ2n) is 6.96. The number of nitrogens with zero attached hydrogens (tertiary/aromatic N) is 2. The highest BCUT2D eigenvalue weighted by atomic mass is 32.1. The Balaban J connectivity index is 1.52. The van der Waals surface area contributed by atoms with Crippen molar-refractivity contribution in [1.82, 2.24) is 0 Å². The van der Waals surface area contributed by atoms with E-state index < -0.39 is 11.8 Å². The first-order valence-corrected chi connectivity index (χ1v) is 11.0. The van der Waals surface area contributed by atoms with Gasteiger partial charge < -0.3 is 10.6 Å². The lowest BCUT2D eigenvalue weighted by atomic mass is 9.96. The van der Waals surface area contributed by atoms with Crippen LogP contribution in [0.25, 0.3) is 0 Å². The van der Waals surface area contributed by atoms with Gasteiger partial charge in [-0.15, -0.1) is 22.7 Å². The van der Waals surface area contributed by atoms with Crippen molar-refractivity contribution >= 4 is 44.5 Å². The third-order valence-corrected chi connectivity index (χ3v) is 7.64. The summed E-state index contributed by atoms with van der Waals surface area (Å²) < 4.78 is 0. The first-order chi connectivity index (χ1) is 13.6. The molecule has 2 N–H and O–H groups in total. The minimum atomic E-state index is -0.814. The Morgan fingerprint density at radius 3 is 1.50 bits per heavy atom. The van der Waals surface area contributed by atoms with Crippen LogP contribution in [0.2, 0.25) is 0 Å². The number of carbonyl (C=O) groups is 2. The van der Waals surface area contributed by atoms with E-state index in [9.17, 15) is 20.1 Å². The predicted molar refractivity (Wildman–Crippen MR) is 109 cm³/mol. The fraction of sp³-hybridized carbons (Fsp3) is 0.400. The number of anilines is 2. The molecule has 8 heteroatoms. The fourth-order valence-electron chi connectivity index (χ4n) is 3.86. The Labute approximate surface area is 170 Å². The van der Waals surface area contributed by atoms with E-state index in [4.69, 9.17) is 0 Å². The van der Waals surface area contributed by atoms with Gasteiger partial charge in [0.2, 0.25) is 0 Å². The number of hydrogen-bond acceptors (Lipinski definition) is 6. The van der Waals surface area contributed by atoms with E-state index >= 15 is 0 Å². The summed E-state index contributed by atoms with van der Waals surface area (Å²) in [6, 6.07) is 4.34. The van der Waals surface area contributed by atoms with E-state index in [2.05, 4.69) is 22.8 Å². The van der Waals surface area contributed by atoms with Gasteiger partial charge in [0.1, 0.15) is 22.1 Å². The standard InChI is InChI=1S/C20H18N4O2S2/c21-9-13-11-5-1-3-7-15(11)27-19(13)23-17(25)18(26)24-20-14(10-22)12-6-2-4-8-16(12)28-20/h1-8H2,(H,23,25)(H,24,26). The number of rotatable bonds is 2. The van der Waals surface area contributed by atoms with Crippen LogP contribution in [-0.4, -0.2) is 11.8 Å². The summed E-state index contributed by atoms with van der Waals surface area (Å²) in [6.07, 6.45) is 7.70. The van der Waals surface area contributed by atoms with E-state index in [0.717, 1.165) is 72.2 Å². The van der Waals surface area contributed by atoms with E-state index in [1.165, 1.54) is 22.7 Å². The Hall–Kier alpha value is -2.68. The molecule has 0 bridgehead atoms. The number of amides is 2. The van der Waals surface area contributed by atoms with Gasteiger partial charge in [-0.2, -0.15) is 10.5 Å². The monoisotopic (exact) mass is 410 g/mol. The molecular formula is C20H18N4O2S2. The molecular weight excluding hydrogens is 392 g/mol. The number of thiophene rings is 2. The molecule has 28 heavy (non-hydrogen) atoms. The van der Waals surface area contributed by atoms with Crippen molar-refractivity contribution in [3.8, 4) is 12.1 Å². The lowest BCUT2D eigenvalue weighted by molar-refractivity contribution is -0.132. The second kappa shape index (κ2) is 7.75. The highest BCUT2D eigenvalue weighted by molar-refractivity contribution is 7.17. The normalized spacial score (nSPS) is 14.9. The van der Waals surface area contributed by atoms with Crippen molar-refractivity contribution in [2.45, 2.75) is 51.4 Å². The molecule has 0 saturated carbocycles. The zero-order valence-corrected chi connectivity index (χ0v) is 16.8. The van der Waals surface area contributed by atoms with Gasteiger partial charge in [0, 0.05) is 9.75 Å². The first kappa shape index (κ1) is 18.7. The molecule has 0 atom stereocenters. The number of nitriles is 2. The van der Waals surface area contributed by atoms with Gasteiger partial charge in [-0.1, -0.05) is 0 Å². The molecule has 2 aliphatic carbocycles.